The van der Waals surface area contributed by atoms with E-state index in [9.17, 15) is 9.59 Å². The van der Waals surface area contributed by atoms with Crippen molar-refractivity contribution in [1.29, 1.82) is 0 Å². The van der Waals surface area contributed by atoms with E-state index in [-0.39, 0.29) is 5.91 Å². The molecular weight excluding hydrogens is 236 g/mol. The van der Waals surface area contributed by atoms with Crippen molar-refractivity contribution >= 4 is 23.3 Å². The van der Waals surface area contributed by atoms with Crippen molar-refractivity contribution in [2.24, 2.45) is 0 Å². The van der Waals surface area contributed by atoms with E-state index in [1.807, 2.05) is 0 Å². The van der Waals surface area contributed by atoms with Gasteiger partial charge in [0.25, 0.3) is 5.91 Å². The van der Waals surface area contributed by atoms with Crippen LogP contribution in [0.5, 0.6) is 0 Å². The number of anilines is 2. The number of nitrogens with one attached hydrogen (secondary N) is 1. The van der Waals surface area contributed by atoms with Gasteiger partial charge in [-0.15, -0.1) is 0 Å². The van der Waals surface area contributed by atoms with Crippen molar-refractivity contribution in [2.75, 3.05) is 11.1 Å². The number of amides is 1. The summed E-state index contributed by atoms with van der Waals surface area (Å²) in [5.41, 5.74) is 6.65. The molecule has 4 N–H and O–H groups in total. The molecular formula is C12H14N2O4. The molecule has 1 heterocycles. The minimum absolute atomic E-state index is 0.345. The molecule has 2 atom stereocenters. The number of rotatable bonds is 3. The van der Waals surface area contributed by atoms with Gasteiger partial charge in [-0.05, 0) is 25.0 Å². The van der Waals surface area contributed by atoms with Gasteiger partial charge in [0.15, 0.2) is 6.10 Å². The summed E-state index contributed by atoms with van der Waals surface area (Å²) in [6, 6.07) is 6.86. The van der Waals surface area contributed by atoms with Gasteiger partial charge >= 0.3 is 5.97 Å². The molecule has 1 aliphatic rings. The highest BCUT2D eigenvalue weighted by atomic mass is 16.5. The van der Waals surface area contributed by atoms with E-state index in [1.165, 1.54) is 0 Å². The average molecular weight is 250 g/mol. The fourth-order valence-corrected chi connectivity index (χ4v) is 1.84. The molecule has 0 bridgehead atoms. The zero-order valence-electron chi connectivity index (χ0n) is 9.63. The standard InChI is InChI=1S/C12H14N2O4/c13-7-3-1-2-4-8(7)14-11(15)9-5-6-10(18-9)12(16)17/h1-4,9-10H,5-6,13H2,(H,14,15)(H,16,17)/t9-,10+/m0/s1. The van der Waals surface area contributed by atoms with Crippen molar-refractivity contribution < 1.29 is 19.4 Å². The first-order chi connectivity index (χ1) is 8.58. The van der Waals surface area contributed by atoms with Crippen molar-refractivity contribution in [3.63, 3.8) is 0 Å². The van der Waals surface area contributed by atoms with Crippen LogP contribution in [-0.4, -0.2) is 29.2 Å². The molecule has 1 aromatic carbocycles. The van der Waals surface area contributed by atoms with Crippen LogP contribution >= 0.6 is 0 Å². The van der Waals surface area contributed by atoms with E-state index in [1.54, 1.807) is 24.3 Å². The molecule has 0 aliphatic carbocycles. The first-order valence-corrected chi connectivity index (χ1v) is 5.61. The number of carbonyl (C=O) groups excluding carboxylic acids is 1. The van der Waals surface area contributed by atoms with Crippen LogP contribution in [0, 0.1) is 0 Å². The van der Waals surface area contributed by atoms with E-state index in [0.29, 0.717) is 24.2 Å². The van der Waals surface area contributed by atoms with Crippen molar-refractivity contribution in [3.05, 3.63) is 24.3 Å². The summed E-state index contributed by atoms with van der Waals surface area (Å²) in [7, 11) is 0. The summed E-state index contributed by atoms with van der Waals surface area (Å²) in [5, 5.41) is 11.4. The van der Waals surface area contributed by atoms with Gasteiger partial charge in [-0.3, -0.25) is 4.79 Å². The molecule has 6 heteroatoms. The van der Waals surface area contributed by atoms with Crippen molar-refractivity contribution in [1.82, 2.24) is 0 Å². The third-order valence-corrected chi connectivity index (χ3v) is 2.81. The number of nitrogen functional groups attached to an aromatic ring is 1. The topological polar surface area (TPSA) is 102 Å². The predicted molar refractivity (Wildman–Crippen MR) is 65.0 cm³/mol. The molecule has 1 fully saturated rings. The summed E-state index contributed by atoms with van der Waals surface area (Å²) in [4.78, 5) is 22.6. The van der Waals surface area contributed by atoms with Crippen molar-refractivity contribution in [2.45, 2.75) is 25.0 Å². The lowest BCUT2D eigenvalue weighted by Crippen LogP contribution is -2.30. The second-order valence-electron chi connectivity index (χ2n) is 4.11. The summed E-state index contributed by atoms with van der Waals surface area (Å²) >= 11 is 0. The van der Waals surface area contributed by atoms with Gasteiger partial charge in [-0.2, -0.15) is 0 Å². The number of carboxylic acids is 1. The van der Waals surface area contributed by atoms with Gasteiger partial charge < -0.3 is 20.9 Å². The lowest BCUT2D eigenvalue weighted by atomic mass is 10.2. The third kappa shape index (κ3) is 2.60. The van der Waals surface area contributed by atoms with E-state index >= 15 is 0 Å². The Balaban J connectivity index is 1.98. The number of aliphatic carboxylic acids is 1. The van der Waals surface area contributed by atoms with Crippen LogP contribution in [0.15, 0.2) is 24.3 Å². The molecule has 1 aromatic rings. The summed E-state index contributed by atoms with van der Waals surface area (Å²) in [5.74, 6) is -1.40. The molecule has 1 saturated heterocycles. The molecule has 0 saturated carbocycles. The van der Waals surface area contributed by atoms with E-state index in [2.05, 4.69) is 5.32 Å². The molecule has 2 rings (SSSR count). The number of hydrogen-bond donors (Lipinski definition) is 3. The van der Waals surface area contributed by atoms with Crippen LogP contribution in [0.3, 0.4) is 0 Å². The fourth-order valence-electron chi connectivity index (χ4n) is 1.84. The number of para-hydroxylation sites is 2. The second kappa shape index (κ2) is 5.05. The molecule has 1 aliphatic heterocycles. The zero-order valence-corrected chi connectivity index (χ0v) is 9.63. The van der Waals surface area contributed by atoms with Crippen LogP contribution in [0.25, 0.3) is 0 Å². The number of ether oxygens (including phenoxy) is 1. The Bertz CT molecular complexity index is 475. The molecule has 0 aromatic heterocycles. The second-order valence-corrected chi connectivity index (χ2v) is 4.11. The number of nitrogens with two attached hydrogens (primary N) is 1. The van der Waals surface area contributed by atoms with Gasteiger partial charge in [0.1, 0.15) is 6.10 Å². The third-order valence-electron chi connectivity index (χ3n) is 2.81. The smallest absolute Gasteiger partial charge is 0.332 e. The highest BCUT2D eigenvalue weighted by Crippen LogP contribution is 2.23. The molecule has 0 unspecified atom stereocenters. The van der Waals surface area contributed by atoms with E-state index in [0.717, 1.165) is 0 Å². The van der Waals surface area contributed by atoms with E-state index < -0.39 is 18.2 Å². The van der Waals surface area contributed by atoms with Gasteiger partial charge in [0.05, 0.1) is 11.4 Å². The quantitative estimate of drug-likeness (QED) is 0.690. The Hall–Kier alpha value is -2.08. The maximum Gasteiger partial charge on any atom is 0.332 e. The van der Waals surface area contributed by atoms with Crippen molar-refractivity contribution in [3.8, 4) is 0 Å². The summed E-state index contributed by atoms with van der Waals surface area (Å²) in [6.45, 7) is 0. The Morgan fingerprint density at radius 2 is 1.94 bits per heavy atom. The normalized spacial score (nSPS) is 22.7. The lowest BCUT2D eigenvalue weighted by molar-refractivity contribution is -0.150. The van der Waals surface area contributed by atoms with Crippen LogP contribution in [0.1, 0.15) is 12.8 Å². The predicted octanol–water partition coefficient (Wildman–Crippen LogP) is 0.839. The van der Waals surface area contributed by atoms with Gasteiger partial charge in [0, 0.05) is 0 Å². The molecule has 18 heavy (non-hydrogen) atoms. The summed E-state index contributed by atoms with van der Waals surface area (Å²) in [6.07, 6.45) is -0.882. The first-order valence-electron chi connectivity index (χ1n) is 5.61. The molecule has 6 nitrogen and oxygen atoms in total. The maximum atomic E-state index is 11.9. The van der Waals surface area contributed by atoms with Crippen LogP contribution in [0.2, 0.25) is 0 Å². The zero-order chi connectivity index (χ0) is 13.1. The molecule has 0 spiro atoms. The SMILES string of the molecule is Nc1ccccc1NC(=O)[C@@H]1CC[C@H](C(=O)O)O1. The number of benzene rings is 1. The van der Waals surface area contributed by atoms with Gasteiger partial charge in [-0.1, -0.05) is 12.1 Å². The monoisotopic (exact) mass is 250 g/mol. The lowest BCUT2D eigenvalue weighted by Gasteiger charge is -2.12. The number of hydrogen-bond acceptors (Lipinski definition) is 4. The minimum Gasteiger partial charge on any atom is -0.479 e. The first kappa shape index (κ1) is 12.4. The minimum atomic E-state index is -1.04. The van der Waals surface area contributed by atoms with Crippen LogP contribution in [-0.2, 0) is 14.3 Å². The highest BCUT2D eigenvalue weighted by molar-refractivity contribution is 5.97. The van der Waals surface area contributed by atoms with Crippen LogP contribution in [0.4, 0.5) is 11.4 Å². The fraction of sp³-hybridized carbons (Fsp3) is 0.333. The van der Waals surface area contributed by atoms with Gasteiger partial charge in [-0.25, -0.2) is 4.79 Å². The Morgan fingerprint density at radius 3 is 2.56 bits per heavy atom. The average Bonchev–Trinajstić information content (AvgIpc) is 2.81. The van der Waals surface area contributed by atoms with E-state index in [4.69, 9.17) is 15.6 Å². The Kier molecular flexibility index (Phi) is 3.47. The summed E-state index contributed by atoms with van der Waals surface area (Å²) < 4.78 is 5.14. The number of carbonyl (C=O) groups is 2. The Labute approximate surface area is 104 Å². The van der Waals surface area contributed by atoms with Gasteiger partial charge in [0.2, 0.25) is 0 Å². The van der Waals surface area contributed by atoms with Crippen LogP contribution < -0.4 is 11.1 Å². The Morgan fingerprint density at radius 1 is 1.28 bits per heavy atom. The largest absolute Gasteiger partial charge is 0.479 e. The maximum absolute atomic E-state index is 11.9. The molecule has 0 radical (unpaired) electrons. The molecule has 96 valence electrons. The number of carboxylic acid groups (broad SMARTS) is 1. The molecule has 1 amide bonds. The highest BCUT2D eigenvalue weighted by Gasteiger charge is 2.34.